The van der Waals surface area contributed by atoms with E-state index >= 15 is 0 Å². The molecular weight excluding hydrogens is 396 g/mol. The van der Waals surface area contributed by atoms with Crippen LogP contribution in [0.4, 0.5) is 8.78 Å². The first-order valence-corrected chi connectivity index (χ1v) is 10.4. The minimum Gasteiger partial charge on any atom is -0.360 e. The fourth-order valence-electron chi connectivity index (χ4n) is 2.62. The van der Waals surface area contributed by atoms with E-state index in [1.165, 1.54) is 0 Å². The molecule has 1 heterocycles. The van der Waals surface area contributed by atoms with Crippen LogP contribution in [0.15, 0.2) is 23.1 Å². The van der Waals surface area contributed by atoms with Crippen LogP contribution < -0.4 is 10.6 Å². The Balaban J connectivity index is 2.08. The minimum atomic E-state index is -4.41. The van der Waals surface area contributed by atoms with Crippen molar-refractivity contribution in [1.82, 2.24) is 14.9 Å². The summed E-state index contributed by atoms with van der Waals surface area (Å²) in [6.07, 6.45) is 0.767. The molecule has 0 aliphatic carbocycles. The van der Waals surface area contributed by atoms with Gasteiger partial charge in [-0.3, -0.25) is 9.59 Å². The second-order valence-electron chi connectivity index (χ2n) is 6.19. The fourth-order valence-corrected chi connectivity index (χ4v) is 4.27. The molecule has 0 bridgehead atoms. The molecule has 1 aliphatic rings. The molecule has 1 aliphatic heterocycles. The minimum absolute atomic E-state index is 0.00151. The van der Waals surface area contributed by atoms with Gasteiger partial charge in [0, 0.05) is 13.1 Å². The van der Waals surface area contributed by atoms with Crippen LogP contribution in [0.5, 0.6) is 0 Å². The van der Waals surface area contributed by atoms with E-state index in [0.29, 0.717) is 19.0 Å². The van der Waals surface area contributed by atoms with E-state index in [9.17, 15) is 26.8 Å². The van der Waals surface area contributed by atoms with Gasteiger partial charge in [0.25, 0.3) is 0 Å². The second kappa shape index (κ2) is 9.89. The van der Waals surface area contributed by atoms with Gasteiger partial charge in [0.2, 0.25) is 10.0 Å². The van der Waals surface area contributed by atoms with Gasteiger partial charge in [0.1, 0.15) is 22.8 Å². The van der Waals surface area contributed by atoms with Crippen LogP contribution in [0.25, 0.3) is 0 Å². The van der Waals surface area contributed by atoms with E-state index in [0.717, 1.165) is 29.3 Å². The standard InChI is InChI=1S/C17H23F2N3O5S/c1-2-3-7-20-16(23)17(24)21-11-15-22(8-4-9-27-15)28(25,26)14-10-12(18)5-6-13(14)19/h5-6,10,15H,2-4,7-9,11H2,1H3,(H,20,23)(H,21,24)/t15-/m0/s1. The Hall–Kier alpha value is -2.11. The van der Waals surface area contributed by atoms with Crippen molar-refractivity contribution in [2.24, 2.45) is 0 Å². The molecule has 28 heavy (non-hydrogen) atoms. The summed E-state index contributed by atoms with van der Waals surface area (Å²) in [6.45, 7) is 2.20. The second-order valence-corrected chi connectivity index (χ2v) is 8.05. The molecule has 8 nitrogen and oxygen atoms in total. The third-order valence-corrected chi connectivity index (χ3v) is 6.00. The maximum atomic E-state index is 14.0. The molecule has 0 spiro atoms. The number of carbonyl (C=O) groups is 2. The van der Waals surface area contributed by atoms with E-state index in [-0.39, 0.29) is 19.7 Å². The molecule has 2 rings (SSSR count). The van der Waals surface area contributed by atoms with Gasteiger partial charge in [-0.2, -0.15) is 4.31 Å². The van der Waals surface area contributed by atoms with Crippen molar-refractivity contribution in [1.29, 1.82) is 0 Å². The first-order valence-electron chi connectivity index (χ1n) is 8.92. The van der Waals surface area contributed by atoms with Crippen molar-refractivity contribution < 1.29 is 31.5 Å². The van der Waals surface area contributed by atoms with Crippen LogP contribution in [0, 0.1) is 11.6 Å². The summed E-state index contributed by atoms with van der Waals surface area (Å²) in [7, 11) is -4.41. The number of nitrogens with zero attached hydrogens (tertiary/aromatic N) is 1. The van der Waals surface area contributed by atoms with Gasteiger partial charge >= 0.3 is 11.8 Å². The molecular formula is C17H23F2N3O5S. The highest BCUT2D eigenvalue weighted by Crippen LogP contribution is 2.24. The third-order valence-electron chi connectivity index (χ3n) is 4.09. The molecule has 0 radical (unpaired) electrons. The van der Waals surface area contributed by atoms with Crippen LogP contribution in [0.1, 0.15) is 26.2 Å². The molecule has 1 aromatic carbocycles. The largest absolute Gasteiger partial charge is 0.360 e. The van der Waals surface area contributed by atoms with E-state index in [1.807, 2.05) is 6.92 Å². The maximum Gasteiger partial charge on any atom is 0.309 e. The number of amides is 2. The summed E-state index contributed by atoms with van der Waals surface area (Å²) in [5.41, 5.74) is 0. The molecule has 2 amide bonds. The number of nitrogens with one attached hydrogen (secondary N) is 2. The van der Waals surface area contributed by atoms with Gasteiger partial charge in [0.15, 0.2) is 0 Å². The zero-order valence-corrected chi connectivity index (χ0v) is 16.2. The number of halogens is 2. The molecule has 11 heteroatoms. The quantitative estimate of drug-likeness (QED) is 0.501. The Morgan fingerprint density at radius 1 is 1.25 bits per heavy atom. The number of hydrogen-bond donors (Lipinski definition) is 2. The van der Waals surface area contributed by atoms with Crippen LogP contribution >= 0.6 is 0 Å². The highest BCUT2D eigenvalue weighted by atomic mass is 32.2. The van der Waals surface area contributed by atoms with E-state index < -0.39 is 44.6 Å². The monoisotopic (exact) mass is 419 g/mol. The molecule has 0 unspecified atom stereocenters. The molecule has 0 saturated carbocycles. The van der Waals surface area contributed by atoms with Crippen molar-refractivity contribution in [2.75, 3.05) is 26.2 Å². The Kier molecular flexibility index (Phi) is 7.84. The SMILES string of the molecule is CCCCNC(=O)C(=O)NC[C@@H]1OCCCN1S(=O)(=O)c1cc(F)ccc1F. The van der Waals surface area contributed by atoms with E-state index in [4.69, 9.17) is 4.74 Å². The lowest BCUT2D eigenvalue weighted by Gasteiger charge is -2.34. The number of ether oxygens (including phenoxy) is 1. The van der Waals surface area contributed by atoms with Gasteiger partial charge in [0.05, 0.1) is 13.2 Å². The zero-order valence-electron chi connectivity index (χ0n) is 15.4. The third kappa shape index (κ3) is 5.46. The zero-order chi connectivity index (χ0) is 20.7. The van der Waals surface area contributed by atoms with Crippen LogP contribution in [-0.4, -0.2) is 57.0 Å². The number of rotatable bonds is 7. The number of hydrogen-bond acceptors (Lipinski definition) is 5. The summed E-state index contributed by atoms with van der Waals surface area (Å²) in [5.74, 6) is -3.76. The van der Waals surface area contributed by atoms with Crippen molar-refractivity contribution in [3.05, 3.63) is 29.8 Å². The number of benzene rings is 1. The Morgan fingerprint density at radius 2 is 1.96 bits per heavy atom. The topological polar surface area (TPSA) is 105 Å². The van der Waals surface area contributed by atoms with E-state index in [1.54, 1.807) is 0 Å². The predicted molar refractivity (Wildman–Crippen MR) is 95.5 cm³/mol. The van der Waals surface area contributed by atoms with Crippen molar-refractivity contribution in [3.8, 4) is 0 Å². The summed E-state index contributed by atoms with van der Waals surface area (Å²) in [6, 6.07) is 2.14. The molecule has 2 N–H and O–H groups in total. The fraction of sp³-hybridized carbons (Fsp3) is 0.529. The lowest BCUT2D eigenvalue weighted by molar-refractivity contribution is -0.140. The molecule has 1 atom stereocenters. The van der Waals surface area contributed by atoms with Gasteiger partial charge in [-0.25, -0.2) is 17.2 Å². The van der Waals surface area contributed by atoms with Gasteiger partial charge < -0.3 is 15.4 Å². The highest BCUT2D eigenvalue weighted by Gasteiger charge is 2.36. The van der Waals surface area contributed by atoms with E-state index in [2.05, 4.69) is 10.6 Å². The molecule has 156 valence electrons. The Bertz CT molecular complexity index is 819. The molecule has 1 aromatic rings. The summed E-state index contributed by atoms with van der Waals surface area (Å²) in [5, 5.41) is 4.75. The number of unbranched alkanes of at least 4 members (excludes halogenated alkanes) is 1. The highest BCUT2D eigenvalue weighted by molar-refractivity contribution is 7.89. The predicted octanol–water partition coefficient (Wildman–Crippen LogP) is 0.734. The Morgan fingerprint density at radius 3 is 2.68 bits per heavy atom. The Labute approximate surface area is 162 Å². The van der Waals surface area contributed by atoms with Gasteiger partial charge in [-0.1, -0.05) is 13.3 Å². The number of carbonyl (C=O) groups excluding carboxylic acids is 2. The first-order chi connectivity index (χ1) is 13.3. The normalized spacial score (nSPS) is 17.9. The van der Waals surface area contributed by atoms with Crippen molar-refractivity contribution in [3.63, 3.8) is 0 Å². The average Bonchev–Trinajstić information content (AvgIpc) is 2.68. The lowest BCUT2D eigenvalue weighted by atomic mass is 10.3. The summed E-state index contributed by atoms with van der Waals surface area (Å²) in [4.78, 5) is 22.7. The molecule has 1 saturated heterocycles. The van der Waals surface area contributed by atoms with Crippen LogP contribution in [-0.2, 0) is 24.3 Å². The lowest BCUT2D eigenvalue weighted by Crippen LogP contribution is -2.53. The van der Waals surface area contributed by atoms with Crippen LogP contribution in [0.3, 0.4) is 0 Å². The first kappa shape index (κ1) is 22.2. The molecule has 0 aromatic heterocycles. The van der Waals surface area contributed by atoms with Crippen molar-refractivity contribution >= 4 is 21.8 Å². The molecule has 1 fully saturated rings. The number of sulfonamides is 1. The van der Waals surface area contributed by atoms with Gasteiger partial charge in [-0.15, -0.1) is 0 Å². The summed E-state index contributed by atoms with van der Waals surface area (Å²) >= 11 is 0. The average molecular weight is 419 g/mol. The van der Waals surface area contributed by atoms with Gasteiger partial charge in [-0.05, 0) is 31.0 Å². The maximum absolute atomic E-state index is 14.0. The summed E-state index contributed by atoms with van der Waals surface area (Å²) < 4.78 is 59.2. The van der Waals surface area contributed by atoms with Crippen molar-refractivity contribution in [2.45, 2.75) is 37.3 Å². The van der Waals surface area contributed by atoms with Crippen LogP contribution in [0.2, 0.25) is 0 Å². The smallest absolute Gasteiger partial charge is 0.309 e.